The molecule has 2 fully saturated rings. The van der Waals surface area contributed by atoms with Crippen molar-refractivity contribution in [3.05, 3.63) is 36.7 Å². The van der Waals surface area contributed by atoms with Crippen LogP contribution in [0, 0.1) is 5.92 Å². The van der Waals surface area contributed by atoms with Crippen LogP contribution in [0.5, 0.6) is 5.88 Å². The van der Waals surface area contributed by atoms with Crippen molar-refractivity contribution in [3.63, 3.8) is 0 Å². The lowest BCUT2D eigenvalue weighted by molar-refractivity contribution is 0.122. The number of hydrogen-bond acceptors (Lipinski definition) is 7. The minimum atomic E-state index is -3.12. The zero-order valence-corrected chi connectivity index (χ0v) is 20.5. The van der Waals surface area contributed by atoms with Gasteiger partial charge in [0.05, 0.1) is 37.1 Å². The summed E-state index contributed by atoms with van der Waals surface area (Å²) >= 11 is 0. The van der Waals surface area contributed by atoms with Crippen LogP contribution in [0.3, 0.4) is 0 Å². The Morgan fingerprint density at radius 3 is 2.68 bits per heavy atom. The van der Waals surface area contributed by atoms with Gasteiger partial charge in [0.2, 0.25) is 5.88 Å². The number of piperidine rings is 1. The van der Waals surface area contributed by atoms with Gasteiger partial charge in [0.1, 0.15) is 22.5 Å². The normalized spacial score (nSPS) is 19.9. The Morgan fingerprint density at radius 2 is 1.97 bits per heavy atom. The van der Waals surface area contributed by atoms with Crippen molar-refractivity contribution in [2.45, 2.75) is 19.4 Å². The van der Waals surface area contributed by atoms with Gasteiger partial charge in [-0.25, -0.2) is 9.97 Å². The van der Waals surface area contributed by atoms with Crippen molar-refractivity contribution in [2.75, 3.05) is 57.7 Å². The average molecular weight is 486 g/mol. The van der Waals surface area contributed by atoms with Crippen LogP contribution >= 0.6 is 0 Å². The van der Waals surface area contributed by atoms with Crippen LogP contribution in [0.4, 0.5) is 5.82 Å². The van der Waals surface area contributed by atoms with E-state index in [-0.39, 0.29) is 0 Å². The lowest BCUT2D eigenvalue weighted by Gasteiger charge is -2.32. The van der Waals surface area contributed by atoms with E-state index in [1.54, 1.807) is 17.6 Å². The number of aromatic nitrogens is 3. The molecule has 0 N–H and O–H groups in total. The largest absolute Gasteiger partial charge is 0.598 e. The molecular weight excluding hydrogens is 454 g/mol. The van der Waals surface area contributed by atoms with Crippen molar-refractivity contribution >= 4 is 27.1 Å². The molecule has 182 valence electrons. The molecule has 0 spiro atoms. The highest BCUT2D eigenvalue weighted by Gasteiger charge is 2.29. The highest BCUT2D eigenvalue weighted by atomic mass is 32.3. The first-order valence-electron chi connectivity index (χ1n) is 11.7. The summed E-state index contributed by atoms with van der Waals surface area (Å²) in [5, 5.41) is 1.11. The number of hydrogen-bond donors (Lipinski definition) is 0. The molecular formula is C24H31N5O4S. The molecule has 0 amide bonds. The molecule has 0 bridgehead atoms. The van der Waals surface area contributed by atoms with E-state index < -0.39 is 10.4 Å². The first-order valence-corrected chi connectivity index (χ1v) is 13.6. The molecule has 9 nitrogen and oxygen atoms in total. The molecule has 1 unspecified atom stereocenters. The second kappa shape index (κ2) is 9.61. The molecule has 0 aliphatic carbocycles. The predicted octanol–water partition coefficient (Wildman–Crippen LogP) is 2.83. The fraction of sp³-hybridized carbons (Fsp3) is 0.500. The van der Waals surface area contributed by atoms with Crippen LogP contribution in [0.2, 0.25) is 0 Å². The van der Waals surface area contributed by atoms with E-state index in [1.165, 1.54) is 6.26 Å². The maximum absolute atomic E-state index is 11.9. The molecule has 10 heteroatoms. The number of morpholine rings is 1. The quantitative estimate of drug-likeness (QED) is 0.496. The fourth-order valence-corrected chi connectivity index (χ4v) is 5.81. The summed E-state index contributed by atoms with van der Waals surface area (Å²) in [6.45, 7) is 4.97. The van der Waals surface area contributed by atoms with E-state index in [2.05, 4.69) is 32.8 Å². The van der Waals surface area contributed by atoms with Gasteiger partial charge in [0.15, 0.2) is 0 Å². The second-order valence-corrected chi connectivity index (χ2v) is 11.0. The summed E-state index contributed by atoms with van der Waals surface area (Å²) in [6, 6.07) is 8.14. The molecule has 1 atom stereocenters. The minimum absolute atomic E-state index is 0.421. The zero-order chi connectivity index (χ0) is 23.7. The maximum Gasteiger partial charge on any atom is 0.222 e. The molecule has 0 saturated carbocycles. The number of fused-ring (bicyclic) bond motifs is 1. The third-order valence-electron chi connectivity index (χ3n) is 6.80. The van der Waals surface area contributed by atoms with Gasteiger partial charge in [-0.2, -0.15) is 0 Å². The highest BCUT2D eigenvalue weighted by Crippen LogP contribution is 2.35. The van der Waals surface area contributed by atoms with E-state index in [4.69, 9.17) is 14.5 Å². The predicted molar refractivity (Wildman–Crippen MR) is 132 cm³/mol. The maximum atomic E-state index is 11.9. The van der Waals surface area contributed by atoms with Gasteiger partial charge in [0.25, 0.3) is 0 Å². The van der Waals surface area contributed by atoms with Gasteiger partial charge in [-0.05, 0) is 43.0 Å². The molecule has 3 aromatic heterocycles. The van der Waals surface area contributed by atoms with Crippen molar-refractivity contribution in [1.29, 1.82) is 0 Å². The van der Waals surface area contributed by atoms with Gasteiger partial charge < -0.3 is 23.5 Å². The molecule has 2 saturated heterocycles. The van der Waals surface area contributed by atoms with Crippen LogP contribution < -0.4 is 9.64 Å². The van der Waals surface area contributed by atoms with E-state index in [0.717, 1.165) is 60.5 Å². The number of sulfonamides is 1. The highest BCUT2D eigenvalue weighted by molar-refractivity contribution is 7.94. The molecule has 3 aromatic rings. The number of nitrogens with zero attached hydrogens (tertiary/aromatic N) is 5. The number of methoxy groups -OCH3 is 1. The van der Waals surface area contributed by atoms with E-state index in [0.29, 0.717) is 38.1 Å². The Bertz CT molecular complexity index is 1200. The number of anilines is 1. The summed E-state index contributed by atoms with van der Waals surface area (Å²) in [5.41, 5.74) is 2.80. The first kappa shape index (κ1) is 23.2. The van der Waals surface area contributed by atoms with Crippen molar-refractivity contribution < 1.29 is 18.2 Å². The zero-order valence-electron chi connectivity index (χ0n) is 19.7. The van der Waals surface area contributed by atoms with Gasteiger partial charge in [-0.1, -0.05) is 4.21 Å². The summed E-state index contributed by atoms with van der Waals surface area (Å²) in [4.78, 5) is 11.7. The molecule has 2 aliphatic heterocycles. The molecule has 5 rings (SSSR count). The summed E-state index contributed by atoms with van der Waals surface area (Å²) < 4.78 is 38.7. The third-order valence-corrected chi connectivity index (χ3v) is 8.10. The Labute approximate surface area is 201 Å². The first-order chi connectivity index (χ1) is 16.4. The SMILES string of the molecule is COc1ncccc1-c1cc2c(ccn2CC2CCN([S+](C)(=O)[O-])CC2)c(N2CCOCC2)n1. The molecule has 0 aromatic carbocycles. The second-order valence-electron chi connectivity index (χ2n) is 9.00. The van der Waals surface area contributed by atoms with Crippen molar-refractivity contribution in [3.8, 4) is 17.1 Å². The lowest BCUT2D eigenvalue weighted by Crippen LogP contribution is -2.41. The van der Waals surface area contributed by atoms with E-state index in [9.17, 15) is 8.76 Å². The van der Waals surface area contributed by atoms with Gasteiger partial charge >= 0.3 is 0 Å². The van der Waals surface area contributed by atoms with Crippen LogP contribution in [-0.4, -0.2) is 76.2 Å². The van der Waals surface area contributed by atoms with Gasteiger partial charge in [-0.3, -0.25) is 0 Å². The topological polar surface area (TPSA) is 95.8 Å². The third kappa shape index (κ3) is 4.68. The summed E-state index contributed by atoms with van der Waals surface area (Å²) in [7, 11) is -1.50. The van der Waals surface area contributed by atoms with Crippen LogP contribution in [-0.2, 0) is 25.9 Å². The number of pyridine rings is 2. The molecule has 2 aliphatic rings. The van der Waals surface area contributed by atoms with Crippen LogP contribution in [0.1, 0.15) is 12.8 Å². The lowest BCUT2D eigenvalue weighted by atomic mass is 9.98. The summed E-state index contributed by atoms with van der Waals surface area (Å²) in [5.74, 6) is 1.92. The molecule has 0 radical (unpaired) electrons. The molecule has 5 heterocycles. The van der Waals surface area contributed by atoms with Gasteiger partial charge in [0, 0.05) is 50.5 Å². The Hall–Kier alpha value is -2.53. The number of ether oxygens (including phenoxy) is 2. The summed E-state index contributed by atoms with van der Waals surface area (Å²) in [6.07, 6.45) is 6.86. The van der Waals surface area contributed by atoms with Crippen molar-refractivity contribution in [1.82, 2.24) is 18.8 Å². The molecule has 34 heavy (non-hydrogen) atoms. The Balaban J connectivity index is 1.51. The minimum Gasteiger partial charge on any atom is -0.598 e. The van der Waals surface area contributed by atoms with Crippen molar-refractivity contribution in [2.24, 2.45) is 5.92 Å². The smallest absolute Gasteiger partial charge is 0.222 e. The standard InChI is InChI=1S/C24H31N5O4S/c1-32-24-19(4-3-8-25-24)21-16-22-20(23(26-21)27-12-14-33-15-13-27)7-9-28(22)17-18-5-10-29(11-6-18)34(2,30)31/h3-4,7-9,16,18H,5-6,10-15,17H2,1-2H3. The number of rotatable bonds is 6. The average Bonchev–Trinajstić information content (AvgIpc) is 3.26. The van der Waals surface area contributed by atoms with Gasteiger partial charge in [-0.15, -0.1) is 4.31 Å². The van der Waals surface area contributed by atoms with Crippen LogP contribution in [0.15, 0.2) is 36.7 Å². The van der Waals surface area contributed by atoms with E-state index in [1.807, 2.05) is 12.1 Å². The fourth-order valence-electron chi connectivity index (χ4n) is 4.93. The Morgan fingerprint density at radius 1 is 1.21 bits per heavy atom. The van der Waals surface area contributed by atoms with Crippen LogP contribution in [0.25, 0.3) is 22.2 Å². The Kier molecular flexibility index (Phi) is 6.57. The monoisotopic (exact) mass is 485 g/mol. The van der Waals surface area contributed by atoms with E-state index >= 15 is 0 Å².